The summed E-state index contributed by atoms with van der Waals surface area (Å²) in [6.45, 7) is 3.11. The third kappa shape index (κ3) is 3.33. The molecule has 4 rings (SSSR count). The van der Waals surface area contributed by atoms with Crippen LogP contribution < -0.4 is 0 Å². The molecule has 1 aromatic carbocycles. The van der Waals surface area contributed by atoms with Gasteiger partial charge in [-0.25, -0.2) is 4.79 Å². The number of carbonyl (C=O) groups is 2. The minimum atomic E-state index is -0.253. The van der Waals surface area contributed by atoms with Gasteiger partial charge in [-0.1, -0.05) is 30.3 Å². The Balaban J connectivity index is 1.80. The van der Waals surface area contributed by atoms with Gasteiger partial charge < -0.3 is 9.30 Å². The number of ether oxygens (including phenoxy) is 1. The fourth-order valence-electron chi connectivity index (χ4n) is 5.09. The van der Waals surface area contributed by atoms with Crippen LogP contribution in [0, 0.1) is 5.92 Å². The van der Waals surface area contributed by atoms with Crippen molar-refractivity contribution in [2.75, 3.05) is 6.61 Å². The van der Waals surface area contributed by atoms with Crippen LogP contribution in [-0.2, 0) is 27.9 Å². The first-order valence-electron chi connectivity index (χ1n) is 10.1. The van der Waals surface area contributed by atoms with E-state index in [1.165, 1.54) is 11.3 Å². The van der Waals surface area contributed by atoms with Crippen LogP contribution >= 0.6 is 0 Å². The van der Waals surface area contributed by atoms with Gasteiger partial charge in [0.25, 0.3) is 0 Å². The van der Waals surface area contributed by atoms with Gasteiger partial charge in [0.05, 0.1) is 12.2 Å². The van der Waals surface area contributed by atoms with E-state index in [0.717, 1.165) is 32.2 Å². The fraction of sp³-hybridized carbons (Fsp3) is 0.478. The van der Waals surface area contributed by atoms with Gasteiger partial charge in [0.2, 0.25) is 0 Å². The zero-order valence-corrected chi connectivity index (χ0v) is 15.9. The van der Waals surface area contributed by atoms with Crippen molar-refractivity contribution < 1.29 is 14.3 Å². The zero-order chi connectivity index (χ0) is 18.9. The summed E-state index contributed by atoms with van der Waals surface area (Å²) >= 11 is 0. The molecule has 0 bridgehead atoms. The topological polar surface area (TPSA) is 48.3 Å². The number of esters is 1. The Bertz CT molecular complexity index is 839. The molecule has 0 N–H and O–H groups in total. The Kier molecular flexibility index (Phi) is 4.90. The van der Waals surface area contributed by atoms with E-state index in [0.29, 0.717) is 36.7 Å². The van der Waals surface area contributed by atoms with Gasteiger partial charge in [-0.15, -0.1) is 0 Å². The van der Waals surface area contributed by atoms with Crippen molar-refractivity contribution in [3.05, 3.63) is 59.4 Å². The van der Waals surface area contributed by atoms with E-state index in [2.05, 4.69) is 28.8 Å². The molecular formula is C23H27NO3. The lowest BCUT2D eigenvalue weighted by atomic mass is 9.60. The van der Waals surface area contributed by atoms with Gasteiger partial charge in [0.1, 0.15) is 5.78 Å². The maximum Gasteiger partial charge on any atom is 0.339 e. The lowest BCUT2D eigenvalue weighted by Crippen LogP contribution is -2.43. The molecule has 4 heteroatoms. The van der Waals surface area contributed by atoms with Crippen LogP contribution in [0.2, 0.25) is 0 Å². The quantitative estimate of drug-likeness (QED) is 0.759. The van der Waals surface area contributed by atoms with Crippen molar-refractivity contribution in [2.45, 2.75) is 57.4 Å². The number of aromatic nitrogens is 1. The van der Waals surface area contributed by atoms with Gasteiger partial charge in [-0.2, -0.15) is 0 Å². The lowest BCUT2D eigenvalue weighted by Gasteiger charge is -2.43. The Morgan fingerprint density at radius 2 is 2.11 bits per heavy atom. The molecule has 27 heavy (non-hydrogen) atoms. The molecule has 0 amide bonds. The smallest absolute Gasteiger partial charge is 0.339 e. The van der Waals surface area contributed by atoms with E-state index < -0.39 is 0 Å². The molecule has 2 aromatic rings. The van der Waals surface area contributed by atoms with Crippen molar-refractivity contribution in [1.82, 2.24) is 4.57 Å². The molecule has 2 atom stereocenters. The highest BCUT2D eigenvalue weighted by Gasteiger charge is 2.47. The number of hydrogen-bond acceptors (Lipinski definition) is 3. The average Bonchev–Trinajstić information content (AvgIpc) is 3.04. The van der Waals surface area contributed by atoms with Crippen LogP contribution in [0.3, 0.4) is 0 Å². The van der Waals surface area contributed by atoms with Gasteiger partial charge in [-0.05, 0) is 50.2 Å². The average molecular weight is 365 g/mol. The monoisotopic (exact) mass is 365 g/mol. The summed E-state index contributed by atoms with van der Waals surface area (Å²) in [5, 5.41) is 0. The number of fused-ring (bicyclic) bond motifs is 3. The molecule has 1 saturated carbocycles. The predicted octanol–water partition coefficient (Wildman–Crippen LogP) is 4.31. The standard InChI is InChI=1S/C23H27NO3/c1-2-27-22(26)18-13-21-23(15-17-7-4-3-5-8-17)11-10-20(25)14-19(23)9-6-12-24(21)16-18/h3-5,7-8,13,16,19H,2,6,9-12,14-15H2,1H3/t19-,23-/m1/s1. The summed E-state index contributed by atoms with van der Waals surface area (Å²) < 4.78 is 7.49. The van der Waals surface area contributed by atoms with E-state index in [1.807, 2.05) is 25.3 Å². The molecule has 0 unspecified atom stereocenters. The van der Waals surface area contributed by atoms with Gasteiger partial charge >= 0.3 is 5.97 Å². The minimum absolute atomic E-state index is 0.0868. The van der Waals surface area contributed by atoms with Crippen molar-refractivity contribution in [3.63, 3.8) is 0 Å². The highest BCUT2D eigenvalue weighted by molar-refractivity contribution is 5.89. The summed E-state index contributed by atoms with van der Waals surface area (Å²) in [5.74, 6) is 0.468. The van der Waals surface area contributed by atoms with E-state index in [4.69, 9.17) is 4.74 Å². The third-order valence-corrected chi connectivity index (χ3v) is 6.34. The van der Waals surface area contributed by atoms with Crippen LogP contribution in [-0.4, -0.2) is 22.9 Å². The Hall–Kier alpha value is -2.36. The first-order chi connectivity index (χ1) is 13.1. The predicted molar refractivity (Wildman–Crippen MR) is 104 cm³/mol. The second-order valence-corrected chi connectivity index (χ2v) is 7.93. The highest BCUT2D eigenvalue weighted by atomic mass is 16.5. The molecule has 4 nitrogen and oxygen atoms in total. The summed E-state index contributed by atoms with van der Waals surface area (Å²) in [4.78, 5) is 24.6. The van der Waals surface area contributed by atoms with Crippen molar-refractivity contribution in [3.8, 4) is 0 Å². The molecule has 1 fully saturated rings. The number of Topliss-reactive ketones (excluding diaryl/α,β-unsaturated/α-hetero) is 1. The van der Waals surface area contributed by atoms with Crippen molar-refractivity contribution >= 4 is 11.8 Å². The second kappa shape index (κ2) is 7.34. The SMILES string of the molecule is CCOC(=O)c1cc2n(c1)CCC[C@@H]1CC(=O)CC[C@]21Cc1ccccc1. The maximum atomic E-state index is 12.3. The molecule has 0 saturated heterocycles. The van der Waals surface area contributed by atoms with Crippen LogP contribution in [0.5, 0.6) is 0 Å². The van der Waals surface area contributed by atoms with E-state index in [1.54, 1.807) is 0 Å². The zero-order valence-electron chi connectivity index (χ0n) is 15.9. The molecule has 1 aromatic heterocycles. The number of aryl methyl sites for hydroxylation is 1. The first-order valence-corrected chi connectivity index (χ1v) is 10.1. The molecule has 142 valence electrons. The number of hydrogen-bond donors (Lipinski definition) is 0. The number of nitrogens with zero attached hydrogens (tertiary/aromatic N) is 1. The van der Waals surface area contributed by atoms with Crippen LogP contribution in [0.4, 0.5) is 0 Å². The number of benzene rings is 1. The summed E-state index contributed by atoms with van der Waals surface area (Å²) in [6.07, 6.45) is 7.12. The molecular weight excluding hydrogens is 338 g/mol. The number of ketones is 1. The van der Waals surface area contributed by atoms with Crippen LogP contribution in [0.25, 0.3) is 0 Å². The van der Waals surface area contributed by atoms with Crippen LogP contribution in [0.1, 0.15) is 60.6 Å². The number of rotatable bonds is 4. The minimum Gasteiger partial charge on any atom is -0.462 e. The number of carbonyl (C=O) groups excluding carboxylic acids is 2. The first kappa shape index (κ1) is 18.0. The molecule has 0 radical (unpaired) electrons. The molecule has 1 aliphatic carbocycles. The normalized spacial score (nSPS) is 24.6. The largest absolute Gasteiger partial charge is 0.462 e. The highest BCUT2D eigenvalue weighted by Crippen LogP contribution is 2.49. The van der Waals surface area contributed by atoms with Crippen molar-refractivity contribution in [2.24, 2.45) is 5.92 Å². The fourth-order valence-corrected chi connectivity index (χ4v) is 5.09. The Morgan fingerprint density at radius 1 is 1.30 bits per heavy atom. The van der Waals surface area contributed by atoms with Crippen molar-refractivity contribution in [1.29, 1.82) is 0 Å². The molecule has 2 heterocycles. The van der Waals surface area contributed by atoms with Gasteiger partial charge in [0, 0.05) is 36.7 Å². The maximum absolute atomic E-state index is 12.3. The molecule has 1 aliphatic heterocycles. The van der Waals surface area contributed by atoms with E-state index in [9.17, 15) is 9.59 Å². The summed E-state index contributed by atoms with van der Waals surface area (Å²) in [5.41, 5.74) is 3.06. The van der Waals surface area contributed by atoms with E-state index in [-0.39, 0.29) is 11.4 Å². The Labute approximate surface area is 160 Å². The second-order valence-electron chi connectivity index (χ2n) is 7.93. The summed E-state index contributed by atoms with van der Waals surface area (Å²) in [6, 6.07) is 12.6. The Morgan fingerprint density at radius 3 is 2.89 bits per heavy atom. The van der Waals surface area contributed by atoms with E-state index >= 15 is 0 Å². The summed E-state index contributed by atoms with van der Waals surface area (Å²) in [7, 11) is 0. The lowest BCUT2D eigenvalue weighted by molar-refractivity contribution is -0.123. The van der Waals surface area contributed by atoms with Gasteiger partial charge in [0.15, 0.2) is 0 Å². The van der Waals surface area contributed by atoms with Gasteiger partial charge in [-0.3, -0.25) is 4.79 Å². The molecule has 2 aliphatic rings. The van der Waals surface area contributed by atoms with Crippen LogP contribution in [0.15, 0.2) is 42.6 Å². The third-order valence-electron chi connectivity index (χ3n) is 6.34. The molecule has 0 spiro atoms.